The molecule has 5 rings (SSSR count). The van der Waals surface area contributed by atoms with Gasteiger partial charge in [0.2, 0.25) is 5.91 Å². The molecule has 1 aliphatic heterocycles. The zero-order chi connectivity index (χ0) is 25.1. The fourth-order valence-electron chi connectivity index (χ4n) is 5.04. The Morgan fingerprint density at radius 1 is 1.06 bits per heavy atom. The van der Waals surface area contributed by atoms with Crippen LogP contribution in [-0.4, -0.2) is 72.6 Å². The van der Waals surface area contributed by atoms with Crippen LogP contribution in [0.5, 0.6) is 0 Å². The van der Waals surface area contributed by atoms with Crippen molar-refractivity contribution >= 4 is 18.0 Å². The molecule has 3 fully saturated rings. The standard InChI is InChI=1S/C27H33NO8/c29-11-10-28-25(31)19-15-22(24-23(16-19)35-27(36-24,20-5-6-20)21-7-8-21)34-26(32)18-3-1-17(2-4-18)9-13-33-14-12-30/h1-4,9,13,16,20-24,29-30H,5-8,10-12,14-15H2,(H,28,31)/t22-,23-,24+/m1/s1. The van der Waals surface area contributed by atoms with Gasteiger partial charge in [0.15, 0.2) is 5.79 Å². The fourth-order valence-corrected chi connectivity index (χ4v) is 5.04. The number of carbonyl (C=O) groups is 2. The summed E-state index contributed by atoms with van der Waals surface area (Å²) in [6, 6.07) is 6.88. The highest BCUT2D eigenvalue weighted by atomic mass is 16.8. The molecule has 0 unspecified atom stereocenters. The third-order valence-corrected chi connectivity index (χ3v) is 7.07. The Kier molecular flexibility index (Phi) is 7.43. The van der Waals surface area contributed by atoms with Crippen molar-refractivity contribution in [1.82, 2.24) is 5.32 Å². The average molecular weight is 500 g/mol. The van der Waals surface area contributed by atoms with Gasteiger partial charge in [0, 0.05) is 30.4 Å². The number of nitrogens with one attached hydrogen (secondary N) is 1. The van der Waals surface area contributed by atoms with Crippen LogP contribution in [0.4, 0.5) is 0 Å². The number of esters is 1. The number of rotatable bonds is 11. The molecule has 3 aliphatic carbocycles. The monoisotopic (exact) mass is 499 g/mol. The van der Waals surface area contributed by atoms with Crippen molar-refractivity contribution < 1.29 is 38.7 Å². The average Bonchev–Trinajstić information content (AvgIpc) is 3.82. The molecule has 36 heavy (non-hydrogen) atoms. The Morgan fingerprint density at radius 2 is 1.78 bits per heavy atom. The molecule has 1 aromatic rings. The predicted molar refractivity (Wildman–Crippen MR) is 128 cm³/mol. The van der Waals surface area contributed by atoms with Gasteiger partial charge in [-0.25, -0.2) is 4.79 Å². The summed E-state index contributed by atoms with van der Waals surface area (Å²) in [5.41, 5.74) is 1.69. The summed E-state index contributed by atoms with van der Waals surface area (Å²) in [4.78, 5) is 25.8. The number of benzene rings is 1. The molecule has 0 spiro atoms. The number of carbonyl (C=O) groups excluding carboxylic acids is 2. The summed E-state index contributed by atoms with van der Waals surface area (Å²) in [7, 11) is 0. The fraction of sp³-hybridized carbons (Fsp3) is 0.556. The van der Waals surface area contributed by atoms with Gasteiger partial charge in [-0.05, 0) is 55.5 Å². The topological polar surface area (TPSA) is 124 Å². The van der Waals surface area contributed by atoms with Crippen LogP contribution in [0.1, 0.15) is 48.0 Å². The molecule has 0 radical (unpaired) electrons. The van der Waals surface area contributed by atoms with Crippen LogP contribution < -0.4 is 5.32 Å². The molecule has 3 N–H and O–H groups in total. The molecule has 2 saturated carbocycles. The van der Waals surface area contributed by atoms with Gasteiger partial charge in [-0.15, -0.1) is 0 Å². The second-order valence-corrected chi connectivity index (χ2v) is 9.77. The summed E-state index contributed by atoms with van der Waals surface area (Å²) < 4.78 is 24.2. The minimum atomic E-state index is -0.673. The first-order valence-corrected chi connectivity index (χ1v) is 12.7. The van der Waals surface area contributed by atoms with Crippen LogP contribution in [0.2, 0.25) is 0 Å². The molecule has 0 aromatic heterocycles. The lowest BCUT2D eigenvalue weighted by Crippen LogP contribution is -2.44. The van der Waals surface area contributed by atoms with E-state index in [2.05, 4.69) is 5.32 Å². The molecule has 194 valence electrons. The van der Waals surface area contributed by atoms with Gasteiger partial charge in [-0.2, -0.15) is 0 Å². The third-order valence-electron chi connectivity index (χ3n) is 7.07. The van der Waals surface area contributed by atoms with Gasteiger partial charge in [0.1, 0.15) is 24.9 Å². The molecule has 9 nitrogen and oxygen atoms in total. The molecule has 0 bridgehead atoms. The molecule has 1 saturated heterocycles. The third kappa shape index (κ3) is 5.34. The maximum absolute atomic E-state index is 13.1. The lowest BCUT2D eigenvalue weighted by Gasteiger charge is -2.31. The first-order chi connectivity index (χ1) is 17.5. The van der Waals surface area contributed by atoms with Gasteiger partial charge >= 0.3 is 5.97 Å². The molecule has 1 heterocycles. The summed E-state index contributed by atoms with van der Waals surface area (Å²) in [6.07, 6.45) is 7.83. The molecule has 1 aromatic carbocycles. The van der Waals surface area contributed by atoms with Crippen LogP contribution in [-0.2, 0) is 23.7 Å². The van der Waals surface area contributed by atoms with Crippen molar-refractivity contribution in [1.29, 1.82) is 0 Å². The number of aliphatic hydroxyl groups excluding tert-OH is 2. The van der Waals surface area contributed by atoms with E-state index in [4.69, 9.17) is 29.2 Å². The lowest BCUT2D eigenvalue weighted by molar-refractivity contribution is -0.209. The zero-order valence-electron chi connectivity index (χ0n) is 20.1. The van der Waals surface area contributed by atoms with E-state index in [0.29, 0.717) is 23.0 Å². The highest BCUT2D eigenvalue weighted by Gasteiger charge is 2.64. The molecule has 1 amide bonds. The quantitative estimate of drug-likeness (QED) is 0.240. The predicted octanol–water partition coefficient (Wildman–Crippen LogP) is 1.93. The van der Waals surface area contributed by atoms with E-state index in [1.807, 2.05) is 0 Å². The van der Waals surface area contributed by atoms with E-state index < -0.39 is 30.1 Å². The molecular weight excluding hydrogens is 466 g/mol. The first-order valence-electron chi connectivity index (χ1n) is 12.7. The van der Waals surface area contributed by atoms with E-state index in [1.54, 1.807) is 36.4 Å². The zero-order valence-corrected chi connectivity index (χ0v) is 20.1. The van der Waals surface area contributed by atoms with E-state index >= 15 is 0 Å². The SMILES string of the molecule is O=C(NCCO)C1=C[C@H]2OC(C3CC3)(C3CC3)O[C@H]2[C@H](OC(=O)c2ccc(C=COCCO)cc2)C1. The van der Waals surface area contributed by atoms with Gasteiger partial charge in [0.25, 0.3) is 0 Å². The number of fused-ring (bicyclic) bond motifs is 1. The van der Waals surface area contributed by atoms with Crippen molar-refractivity contribution in [3.8, 4) is 0 Å². The van der Waals surface area contributed by atoms with Crippen molar-refractivity contribution in [3.05, 3.63) is 53.3 Å². The van der Waals surface area contributed by atoms with Crippen LogP contribution in [0.15, 0.2) is 42.2 Å². The minimum absolute atomic E-state index is 0.0602. The number of hydrogen-bond acceptors (Lipinski definition) is 8. The molecule has 4 aliphatic rings. The second-order valence-electron chi connectivity index (χ2n) is 9.77. The van der Waals surface area contributed by atoms with Crippen LogP contribution in [0, 0.1) is 11.8 Å². The van der Waals surface area contributed by atoms with Gasteiger partial charge in [0.05, 0.1) is 25.0 Å². The summed E-state index contributed by atoms with van der Waals surface area (Å²) in [5.74, 6) is -0.772. The highest BCUT2D eigenvalue weighted by molar-refractivity contribution is 5.94. The van der Waals surface area contributed by atoms with Crippen LogP contribution in [0.25, 0.3) is 6.08 Å². The van der Waals surface area contributed by atoms with Crippen LogP contribution >= 0.6 is 0 Å². The Balaban J connectivity index is 1.31. The largest absolute Gasteiger partial charge is 0.499 e. The first kappa shape index (κ1) is 25.0. The van der Waals surface area contributed by atoms with Crippen molar-refractivity contribution in [2.45, 2.75) is 56.2 Å². The van der Waals surface area contributed by atoms with E-state index in [9.17, 15) is 9.59 Å². The van der Waals surface area contributed by atoms with E-state index in [0.717, 1.165) is 31.2 Å². The number of ether oxygens (including phenoxy) is 4. The van der Waals surface area contributed by atoms with Gasteiger partial charge in [-0.3, -0.25) is 4.79 Å². The minimum Gasteiger partial charge on any atom is -0.499 e. The maximum Gasteiger partial charge on any atom is 0.338 e. The Labute approximate surface area is 210 Å². The van der Waals surface area contributed by atoms with Gasteiger partial charge in [-0.1, -0.05) is 12.1 Å². The van der Waals surface area contributed by atoms with Crippen molar-refractivity contribution in [3.63, 3.8) is 0 Å². The van der Waals surface area contributed by atoms with E-state index in [-0.39, 0.29) is 38.7 Å². The number of amides is 1. The smallest absolute Gasteiger partial charge is 0.338 e. The van der Waals surface area contributed by atoms with E-state index in [1.165, 1.54) is 6.26 Å². The molecular formula is C27H33NO8. The van der Waals surface area contributed by atoms with Crippen molar-refractivity contribution in [2.24, 2.45) is 11.8 Å². The lowest BCUT2D eigenvalue weighted by atomic mass is 9.91. The number of aliphatic hydroxyl groups is 2. The van der Waals surface area contributed by atoms with Crippen LogP contribution in [0.3, 0.4) is 0 Å². The Hall–Kier alpha value is -2.72. The Bertz CT molecular complexity index is 999. The molecule has 3 atom stereocenters. The maximum atomic E-state index is 13.1. The second kappa shape index (κ2) is 10.7. The Morgan fingerprint density at radius 3 is 2.42 bits per heavy atom. The summed E-state index contributed by atoms with van der Waals surface area (Å²) >= 11 is 0. The normalized spacial score (nSPS) is 26.8. The molecule has 9 heteroatoms. The highest BCUT2D eigenvalue weighted by Crippen LogP contribution is 2.59. The summed E-state index contributed by atoms with van der Waals surface area (Å²) in [6.45, 7) is 0.142. The summed E-state index contributed by atoms with van der Waals surface area (Å²) in [5, 5.41) is 20.5. The van der Waals surface area contributed by atoms with Crippen molar-refractivity contribution in [2.75, 3.05) is 26.4 Å². The number of hydrogen-bond donors (Lipinski definition) is 3. The van der Waals surface area contributed by atoms with Gasteiger partial charge < -0.3 is 34.5 Å².